The van der Waals surface area contributed by atoms with Gasteiger partial charge in [-0.05, 0) is 23.8 Å². The average Bonchev–Trinajstić information content (AvgIpc) is 3.02. The van der Waals surface area contributed by atoms with E-state index < -0.39 is 29.5 Å². The summed E-state index contributed by atoms with van der Waals surface area (Å²) in [5.74, 6) is -2.06. The highest BCUT2D eigenvalue weighted by Crippen LogP contribution is 2.39. The van der Waals surface area contributed by atoms with E-state index >= 15 is 0 Å². The molecule has 2 saturated heterocycles. The van der Waals surface area contributed by atoms with Crippen molar-refractivity contribution in [3.63, 3.8) is 0 Å². The van der Waals surface area contributed by atoms with Gasteiger partial charge in [-0.3, -0.25) is 19.4 Å². The zero-order valence-corrected chi connectivity index (χ0v) is 16.3. The largest absolute Gasteiger partial charge is 0.416 e. The van der Waals surface area contributed by atoms with Crippen LogP contribution in [0.25, 0.3) is 0 Å². The number of piperazine rings is 1. The third-order valence-electron chi connectivity index (χ3n) is 5.72. The Morgan fingerprint density at radius 2 is 1.50 bits per heavy atom. The van der Waals surface area contributed by atoms with Crippen LogP contribution in [-0.4, -0.2) is 54.5 Å². The molecule has 1 unspecified atom stereocenters. The zero-order valence-electron chi connectivity index (χ0n) is 16.3. The Hall–Kier alpha value is -2.87. The molecule has 0 bridgehead atoms. The van der Waals surface area contributed by atoms with E-state index in [2.05, 4.69) is 4.90 Å². The van der Waals surface area contributed by atoms with Crippen molar-refractivity contribution in [3.8, 4) is 0 Å². The second-order valence-electron chi connectivity index (χ2n) is 7.58. The number of amides is 2. The van der Waals surface area contributed by atoms with E-state index in [0.717, 1.165) is 29.7 Å². The van der Waals surface area contributed by atoms with Crippen molar-refractivity contribution >= 4 is 17.5 Å². The highest BCUT2D eigenvalue weighted by molar-refractivity contribution is 6.06. The van der Waals surface area contributed by atoms with Crippen molar-refractivity contribution in [2.75, 3.05) is 37.7 Å². The van der Waals surface area contributed by atoms with Crippen LogP contribution in [0.5, 0.6) is 0 Å². The fourth-order valence-corrected chi connectivity index (χ4v) is 4.12. The molecule has 30 heavy (non-hydrogen) atoms. The molecule has 2 aliphatic rings. The molecule has 0 spiro atoms. The van der Waals surface area contributed by atoms with Gasteiger partial charge in [0.1, 0.15) is 0 Å². The molecule has 8 heteroatoms. The first-order valence-electron chi connectivity index (χ1n) is 9.87. The van der Waals surface area contributed by atoms with Gasteiger partial charge in [-0.2, -0.15) is 13.2 Å². The number of likely N-dealkylation sites (tertiary alicyclic amines) is 1. The van der Waals surface area contributed by atoms with Crippen molar-refractivity contribution in [3.05, 3.63) is 65.7 Å². The number of nitrogens with zero attached hydrogens (tertiary/aromatic N) is 3. The second-order valence-corrected chi connectivity index (χ2v) is 7.58. The molecule has 4 rings (SSSR count). The van der Waals surface area contributed by atoms with Gasteiger partial charge in [0.25, 0.3) is 0 Å². The van der Waals surface area contributed by atoms with E-state index in [-0.39, 0.29) is 18.7 Å². The molecule has 2 aliphatic heterocycles. The summed E-state index contributed by atoms with van der Waals surface area (Å²) in [6.07, 6.45) is -4.79. The summed E-state index contributed by atoms with van der Waals surface area (Å²) in [5, 5.41) is 0. The Balaban J connectivity index is 1.42. The number of carbonyl (C=O) groups excluding carboxylic acids is 2. The number of anilines is 1. The summed E-state index contributed by atoms with van der Waals surface area (Å²) in [5.41, 5.74) is 0.142. The number of rotatable bonds is 4. The predicted molar refractivity (Wildman–Crippen MR) is 106 cm³/mol. The molecule has 2 aromatic carbocycles. The van der Waals surface area contributed by atoms with E-state index in [1.807, 2.05) is 35.2 Å². The predicted octanol–water partition coefficient (Wildman–Crippen LogP) is 3.33. The average molecular weight is 417 g/mol. The van der Waals surface area contributed by atoms with Crippen molar-refractivity contribution in [1.29, 1.82) is 0 Å². The number of alkyl halides is 3. The summed E-state index contributed by atoms with van der Waals surface area (Å²) < 4.78 is 40.0. The van der Waals surface area contributed by atoms with Crippen LogP contribution in [0, 0.1) is 0 Å². The van der Waals surface area contributed by atoms with Crippen LogP contribution >= 0.6 is 0 Å². The van der Waals surface area contributed by atoms with Crippen LogP contribution in [0.4, 0.5) is 18.9 Å². The summed E-state index contributed by atoms with van der Waals surface area (Å²) in [6.45, 7) is 2.94. The van der Waals surface area contributed by atoms with E-state index in [0.29, 0.717) is 13.1 Å². The van der Waals surface area contributed by atoms with Gasteiger partial charge in [0, 0.05) is 38.3 Å². The molecule has 0 saturated carbocycles. The molecule has 158 valence electrons. The molecule has 0 aromatic heterocycles. The highest BCUT2D eigenvalue weighted by atomic mass is 19.4. The first-order chi connectivity index (χ1) is 14.3. The maximum atomic E-state index is 13.3. The lowest BCUT2D eigenvalue weighted by atomic mass is 9.92. The Morgan fingerprint density at radius 3 is 2.17 bits per heavy atom. The van der Waals surface area contributed by atoms with Gasteiger partial charge in [0.05, 0.1) is 18.2 Å². The van der Waals surface area contributed by atoms with Gasteiger partial charge in [-0.1, -0.05) is 36.4 Å². The molecular weight excluding hydrogens is 395 g/mol. The molecule has 0 radical (unpaired) electrons. The maximum Gasteiger partial charge on any atom is 0.416 e. The van der Waals surface area contributed by atoms with Gasteiger partial charge >= 0.3 is 6.18 Å². The molecule has 2 fully saturated rings. The third-order valence-corrected chi connectivity index (χ3v) is 5.72. The lowest BCUT2D eigenvalue weighted by Gasteiger charge is -2.37. The molecule has 1 atom stereocenters. The number of carbonyl (C=O) groups is 2. The van der Waals surface area contributed by atoms with Crippen molar-refractivity contribution in [2.45, 2.75) is 18.5 Å². The van der Waals surface area contributed by atoms with Gasteiger partial charge < -0.3 is 4.90 Å². The first kappa shape index (κ1) is 20.4. The van der Waals surface area contributed by atoms with Gasteiger partial charge in [-0.15, -0.1) is 0 Å². The van der Waals surface area contributed by atoms with Crippen molar-refractivity contribution in [2.24, 2.45) is 0 Å². The highest BCUT2D eigenvalue weighted by Gasteiger charge is 2.44. The fourth-order valence-electron chi connectivity index (χ4n) is 4.12. The fraction of sp³-hybridized carbons (Fsp3) is 0.364. The maximum absolute atomic E-state index is 13.3. The second kappa shape index (κ2) is 8.10. The first-order valence-corrected chi connectivity index (χ1v) is 9.87. The topological polar surface area (TPSA) is 43.9 Å². The zero-order chi connectivity index (χ0) is 21.3. The summed E-state index contributed by atoms with van der Waals surface area (Å²) >= 11 is 0. The Bertz CT molecular complexity index is 925. The van der Waals surface area contributed by atoms with Crippen LogP contribution in [0.1, 0.15) is 23.5 Å². The van der Waals surface area contributed by atoms with Crippen LogP contribution in [-0.2, 0) is 15.8 Å². The number of halogens is 3. The van der Waals surface area contributed by atoms with E-state index in [9.17, 15) is 22.8 Å². The Kier molecular flexibility index (Phi) is 5.51. The number of benzene rings is 2. The summed E-state index contributed by atoms with van der Waals surface area (Å²) in [7, 11) is 0. The van der Waals surface area contributed by atoms with E-state index in [4.69, 9.17) is 0 Å². The minimum absolute atomic E-state index is 0.116. The minimum Gasteiger partial charge on any atom is -0.369 e. The van der Waals surface area contributed by atoms with Crippen molar-refractivity contribution in [1.82, 2.24) is 9.80 Å². The lowest BCUT2D eigenvalue weighted by molar-refractivity contribution is -0.141. The van der Waals surface area contributed by atoms with Crippen LogP contribution in [0.3, 0.4) is 0 Å². The Morgan fingerprint density at radius 1 is 0.867 bits per heavy atom. The lowest BCUT2D eigenvalue weighted by Crippen LogP contribution is -2.51. The van der Waals surface area contributed by atoms with Crippen molar-refractivity contribution < 1.29 is 22.8 Å². The monoisotopic (exact) mass is 417 g/mol. The van der Waals surface area contributed by atoms with Gasteiger partial charge in [0.15, 0.2) is 0 Å². The van der Waals surface area contributed by atoms with Gasteiger partial charge in [0.2, 0.25) is 11.8 Å². The normalized spacial score (nSPS) is 20.8. The van der Waals surface area contributed by atoms with Crippen LogP contribution in [0.2, 0.25) is 0 Å². The summed E-state index contributed by atoms with van der Waals surface area (Å²) in [4.78, 5) is 30.7. The number of hydrogen-bond donors (Lipinski definition) is 0. The standard InChI is InChI=1S/C22H22F3N3O2/c23-22(24,25)19-9-5-4-8-17(19)18-14-20(29)28(21(18)30)15-26-10-12-27(13-11-26)16-6-2-1-3-7-16/h1-9,18H,10-15H2. The molecule has 2 amide bonds. The smallest absolute Gasteiger partial charge is 0.369 e. The van der Waals surface area contributed by atoms with Crippen LogP contribution < -0.4 is 4.90 Å². The molecule has 5 nitrogen and oxygen atoms in total. The Labute approximate surface area is 172 Å². The van der Waals surface area contributed by atoms with Gasteiger partial charge in [-0.25, -0.2) is 0 Å². The van der Waals surface area contributed by atoms with Crippen LogP contribution in [0.15, 0.2) is 54.6 Å². The van der Waals surface area contributed by atoms with E-state index in [1.165, 1.54) is 18.2 Å². The van der Waals surface area contributed by atoms with E-state index in [1.54, 1.807) is 0 Å². The molecule has 0 N–H and O–H groups in total. The molecule has 2 heterocycles. The quantitative estimate of drug-likeness (QED) is 0.716. The third kappa shape index (κ3) is 4.05. The minimum atomic E-state index is -4.57. The number of para-hydroxylation sites is 1. The molecule has 2 aromatic rings. The number of hydrogen-bond acceptors (Lipinski definition) is 4. The number of imide groups is 1. The molecule has 0 aliphatic carbocycles. The SMILES string of the molecule is O=C1CC(c2ccccc2C(F)(F)F)C(=O)N1CN1CCN(c2ccccc2)CC1. The molecular formula is C22H22F3N3O2. The summed E-state index contributed by atoms with van der Waals surface area (Å²) in [6, 6.07) is 15.0.